The molecule has 1 aliphatic rings. The van der Waals surface area contributed by atoms with Gasteiger partial charge in [0.15, 0.2) is 11.6 Å². The molecule has 1 saturated heterocycles. The molecule has 4 aromatic rings. The Hall–Kier alpha value is -4.53. The zero-order valence-corrected chi connectivity index (χ0v) is 24.7. The lowest BCUT2D eigenvalue weighted by molar-refractivity contribution is -0.136. The molecule has 0 spiro atoms. The first kappa shape index (κ1) is 29.9. The van der Waals surface area contributed by atoms with Gasteiger partial charge in [-0.1, -0.05) is 38.1 Å². The molecular weight excluding hydrogens is 550 g/mol. The number of piperidine rings is 1. The van der Waals surface area contributed by atoms with Crippen LogP contribution in [0.2, 0.25) is 0 Å². The Kier molecular flexibility index (Phi) is 8.89. The van der Waals surface area contributed by atoms with E-state index in [2.05, 4.69) is 29.0 Å². The molecule has 0 amide bonds. The third-order valence-electron chi connectivity index (χ3n) is 7.95. The van der Waals surface area contributed by atoms with Gasteiger partial charge in [-0.05, 0) is 72.7 Å². The average molecular weight is 587 g/mol. The van der Waals surface area contributed by atoms with Crippen LogP contribution < -0.4 is 15.0 Å². The summed E-state index contributed by atoms with van der Waals surface area (Å²) in [5.41, 5.74) is 4.60. The predicted octanol–water partition coefficient (Wildman–Crippen LogP) is 7.35. The summed E-state index contributed by atoms with van der Waals surface area (Å²) in [6.07, 6.45) is 3.82. The smallest absolute Gasteiger partial charge is 0.307 e. The number of nitrogens with zero attached hydrogens (tertiary/aromatic N) is 3. The van der Waals surface area contributed by atoms with Crippen LogP contribution in [-0.4, -0.2) is 40.7 Å². The normalized spacial score (nSPS) is 14.4. The van der Waals surface area contributed by atoms with Crippen molar-refractivity contribution in [3.8, 4) is 16.9 Å². The molecule has 224 valence electrons. The molecule has 2 aromatic heterocycles. The molecular formula is C34H36F2N4O3. The van der Waals surface area contributed by atoms with Crippen LogP contribution in [0.5, 0.6) is 5.75 Å². The number of rotatable bonds is 10. The highest BCUT2D eigenvalue weighted by atomic mass is 19.1. The number of nitrogens with one attached hydrogen (secondary N) is 1. The van der Waals surface area contributed by atoms with E-state index in [1.165, 1.54) is 30.5 Å². The number of ether oxygens (including phenoxy) is 1. The summed E-state index contributed by atoms with van der Waals surface area (Å²) in [4.78, 5) is 23.2. The molecule has 7 nitrogen and oxygen atoms in total. The number of carboxylic acid groups (broad SMARTS) is 1. The first-order chi connectivity index (χ1) is 20.6. The molecule has 0 unspecified atom stereocenters. The van der Waals surface area contributed by atoms with Crippen molar-refractivity contribution < 1.29 is 23.4 Å². The predicted molar refractivity (Wildman–Crippen MR) is 164 cm³/mol. The molecule has 0 atom stereocenters. The third-order valence-corrected chi connectivity index (χ3v) is 7.95. The zero-order valence-electron chi connectivity index (χ0n) is 24.7. The van der Waals surface area contributed by atoms with Crippen LogP contribution in [0.3, 0.4) is 0 Å². The van der Waals surface area contributed by atoms with Crippen LogP contribution >= 0.6 is 0 Å². The second-order valence-electron chi connectivity index (χ2n) is 11.7. The van der Waals surface area contributed by atoms with Gasteiger partial charge in [0.25, 0.3) is 0 Å². The molecule has 2 N–H and O–H groups in total. The molecule has 3 heterocycles. The third kappa shape index (κ3) is 7.28. The van der Waals surface area contributed by atoms with Crippen molar-refractivity contribution in [3.63, 3.8) is 0 Å². The Morgan fingerprint density at radius 3 is 2.37 bits per heavy atom. The molecule has 43 heavy (non-hydrogen) atoms. The van der Waals surface area contributed by atoms with Crippen molar-refractivity contribution in [1.29, 1.82) is 0 Å². The standard InChI is InChI=1S/C34H36F2N4O3/c1-22-27(21-29(41)42)31(40-18-15-34(2,3)16-19-40)30(33(38-22)39-32-28(36)5-4-17-37-32)24-8-12-26(13-9-24)43-20-14-23-6-10-25(35)11-7-23/h4-13,17H,14-16,18-21H2,1-3H3,(H,41,42)(H,37,38,39). The van der Waals surface area contributed by atoms with Gasteiger partial charge in [0, 0.05) is 42.5 Å². The molecule has 1 fully saturated rings. The molecule has 0 aliphatic carbocycles. The van der Waals surface area contributed by atoms with Gasteiger partial charge in [0.2, 0.25) is 0 Å². The summed E-state index contributed by atoms with van der Waals surface area (Å²) in [5.74, 6) is -0.653. The number of aryl methyl sites for hydroxylation is 1. The molecule has 9 heteroatoms. The van der Waals surface area contributed by atoms with Gasteiger partial charge in [-0.2, -0.15) is 0 Å². The fraction of sp³-hybridized carbons (Fsp3) is 0.324. The Morgan fingerprint density at radius 1 is 1.02 bits per heavy atom. The van der Waals surface area contributed by atoms with Gasteiger partial charge in [-0.3, -0.25) is 4.79 Å². The maximum Gasteiger partial charge on any atom is 0.307 e. The number of halogens is 2. The molecule has 1 aliphatic heterocycles. The van der Waals surface area contributed by atoms with Gasteiger partial charge < -0.3 is 20.1 Å². The molecule has 2 aromatic carbocycles. The van der Waals surface area contributed by atoms with Gasteiger partial charge in [-0.25, -0.2) is 18.7 Å². The minimum atomic E-state index is -0.948. The SMILES string of the molecule is Cc1nc(Nc2ncccc2F)c(-c2ccc(OCCc3ccc(F)cc3)cc2)c(N2CCC(C)(C)CC2)c1CC(=O)O. The average Bonchev–Trinajstić information content (AvgIpc) is 2.97. The van der Waals surface area contributed by atoms with Crippen molar-refractivity contribution >= 4 is 23.3 Å². The number of carbonyl (C=O) groups is 1. The number of anilines is 3. The molecule has 5 rings (SSSR count). The summed E-state index contributed by atoms with van der Waals surface area (Å²) in [5, 5.41) is 13.0. The van der Waals surface area contributed by atoms with Crippen molar-refractivity contribution in [2.24, 2.45) is 5.41 Å². The number of benzene rings is 2. The number of pyridine rings is 2. The minimum absolute atomic E-state index is 0.0353. The summed E-state index contributed by atoms with van der Waals surface area (Å²) < 4.78 is 33.9. The van der Waals surface area contributed by atoms with E-state index in [0.717, 1.165) is 42.7 Å². The van der Waals surface area contributed by atoms with Crippen molar-refractivity contribution in [3.05, 3.63) is 95.3 Å². The Balaban J connectivity index is 1.54. The lowest BCUT2D eigenvalue weighted by atomic mass is 9.82. The van der Waals surface area contributed by atoms with E-state index in [9.17, 15) is 18.7 Å². The Labute approximate surface area is 250 Å². The van der Waals surface area contributed by atoms with Gasteiger partial charge in [0.05, 0.1) is 18.7 Å². The maximum absolute atomic E-state index is 14.7. The summed E-state index contributed by atoms with van der Waals surface area (Å²) in [6, 6.07) is 16.7. The highest BCUT2D eigenvalue weighted by molar-refractivity contribution is 5.92. The van der Waals surface area contributed by atoms with E-state index < -0.39 is 11.8 Å². The monoisotopic (exact) mass is 586 g/mol. The lowest BCUT2D eigenvalue weighted by Gasteiger charge is -2.40. The number of hydrogen-bond donors (Lipinski definition) is 2. The van der Waals surface area contributed by atoms with Crippen LogP contribution in [-0.2, 0) is 17.6 Å². The topological polar surface area (TPSA) is 87.6 Å². The van der Waals surface area contributed by atoms with Crippen LogP contribution in [0.4, 0.5) is 26.1 Å². The maximum atomic E-state index is 14.7. The zero-order chi connectivity index (χ0) is 30.6. The summed E-state index contributed by atoms with van der Waals surface area (Å²) >= 11 is 0. The highest BCUT2D eigenvalue weighted by Gasteiger charge is 2.31. The number of hydrogen-bond acceptors (Lipinski definition) is 6. The summed E-state index contributed by atoms with van der Waals surface area (Å²) in [7, 11) is 0. The second-order valence-corrected chi connectivity index (χ2v) is 11.7. The first-order valence-electron chi connectivity index (χ1n) is 14.4. The van der Waals surface area contributed by atoms with E-state index in [-0.39, 0.29) is 23.5 Å². The van der Waals surface area contributed by atoms with E-state index in [4.69, 9.17) is 9.72 Å². The molecule has 0 saturated carbocycles. The van der Waals surface area contributed by atoms with Crippen LogP contribution in [0.25, 0.3) is 11.1 Å². The van der Waals surface area contributed by atoms with Crippen LogP contribution in [0.15, 0.2) is 66.9 Å². The van der Waals surface area contributed by atoms with Crippen molar-refractivity contribution in [2.75, 3.05) is 29.9 Å². The number of carboxylic acids is 1. The fourth-order valence-electron chi connectivity index (χ4n) is 5.38. The van der Waals surface area contributed by atoms with Gasteiger partial charge in [0.1, 0.15) is 17.4 Å². The van der Waals surface area contributed by atoms with E-state index in [1.54, 1.807) is 19.1 Å². The van der Waals surface area contributed by atoms with E-state index in [0.29, 0.717) is 41.4 Å². The number of aromatic nitrogens is 2. The Bertz CT molecular complexity index is 1580. The second kappa shape index (κ2) is 12.8. The van der Waals surface area contributed by atoms with Crippen molar-refractivity contribution in [2.45, 2.75) is 46.5 Å². The van der Waals surface area contributed by atoms with Gasteiger partial charge >= 0.3 is 5.97 Å². The molecule has 0 radical (unpaired) electrons. The molecule has 0 bridgehead atoms. The summed E-state index contributed by atoms with van der Waals surface area (Å²) in [6.45, 7) is 8.19. The van der Waals surface area contributed by atoms with Crippen molar-refractivity contribution in [1.82, 2.24) is 9.97 Å². The van der Waals surface area contributed by atoms with E-state index in [1.807, 2.05) is 24.3 Å². The Morgan fingerprint density at radius 2 is 1.72 bits per heavy atom. The van der Waals surface area contributed by atoms with Crippen LogP contribution in [0, 0.1) is 24.0 Å². The minimum Gasteiger partial charge on any atom is -0.493 e. The lowest BCUT2D eigenvalue weighted by Crippen LogP contribution is -2.38. The van der Waals surface area contributed by atoms with Gasteiger partial charge in [-0.15, -0.1) is 0 Å². The van der Waals surface area contributed by atoms with Crippen LogP contribution in [0.1, 0.15) is 43.5 Å². The highest BCUT2D eigenvalue weighted by Crippen LogP contribution is 2.44. The fourth-order valence-corrected chi connectivity index (χ4v) is 5.38. The first-order valence-corrected chi connectivity index (χ1v) is 14.4. The number of aliphatic carboxylic acids is 1. The quantitative estimate of drug-likeness (QED) is 0.201. The largest absolute Gasteiger partial charge is 0.493 e. The van der Waals surface area contributed by atoms with E-state index >= 15 is 0 Å².